The largest absolute Gasteiger partial charge is 0.489 e. The fourth-order valence-electron chi connectivity index (χ4n) is 2.93. The highest BCUT2D eigenvalue weighted by Gasteiger charge is 2.39. The Morgan fingerprint density at radius 3 is 2.85 bits per heavy atom. The van der Waals surface area contributed by atoms with Gasteiger partial charge in [-0.05, 0) is 25.0 Å². The molecule has 0 saturated carbocycles. The number of ether oxygens (including phenoxy) is 3. The lowest BCUT2D eigenvalue weighted by Gasteiger charge is -2.43. The van der Waals surface area contributed by atoms with Crippen LogP contribution in [0.2, 0.25) is 0 Å². The maximum Gasteiger partial charge on any atom is 0.138 e. The molecule has 20 heavy (non-hydrogen) atoms. The molecule has 2 saturated heterocycles. The third-order valence-corrected chi connectivity index (χ3v) is 4.66. The first-order chi connectivity index (χ1) is 9.80. The topological polar surface area (TPSA) is 40.6 Å². The summed E-state index contributed by atoms with van der Waals surface area (Å²) < 4.78 is 17.6. The molecule has 3 rings (SSSR count). The molecule has 110 valence electrons. The molecule has 4 nitrogen and oxygen atoms in total. The molecule has 1 aromatic rings. The third-order valence-electron chi connectivity index (χ3n) is 4.09. The zero-order valence-corrected chi connectivity index (χ0v) is 13.1. The van der Waals surface area contributed by atoms with Crippen LogP contribution in [0.1, 0.15) is 31.4 Å². The summed E-state index contributed by atoms with van der Waals surface area (Å²) in [7, 11) is 0. The lowest BCUT2D eigenvalue weighted by atomic mass is 9.85. The molecule has 2 aliphatic heterocycles. The van der Waals surface area contributed by atoms with Crippen molar-refractivity contribution in [3.63, 3.8) is 0 Å². The van der Waals surface area contributed by atoms with E-state index in [1.165, 1.54) is 0 Å². The van der Waals surface area contributed by atoms with E-state index in [2.05, 4.69) is 20.9 Å². The molecule has 5 heteroatoms. The van der Waals surface area contributed by atoms with Crippen molar-refractivity contribution in [3.05, 3.63) is 24.0 Å². The fraction of sp³-hybridized carbons (Fsp3) is 0.667. The number of nitrogens with zero attached hydrogens (tertiary/aromatic N) is 1. The Kier molecular flexibility index (Phi) is 4.58. The van der Waals surface area contributed by atoms with E-state index in [1.54, 1.807) is 0 Å². The summed E-state index contributed by atoms with van der Waals surface area (Å²) in [6.45, 7) is 2.38. The van der Waals surface area contributed by atoms with Gasteiger partial charge in [0.05, 0.1) is 24.1 Å². The SMILES string of the molecule is BrCc1ccc(OC2CCOC3(CCOCC3)C2)cn1. The van der Waals surface area contributed by atoms with E-state index >= 15 is 0 Å². The number of halogens is 1. The molecular weight excluding hydrogens is 322 g/mol. The summed E-state index contributed by atoms with van der Waals surface area (Å²) in [5.74, 6) is 0.851. The first-order valence-electron chi connectivity index (χ1n) is 7.19. The van der Waals surface area contributed by atoms with Gasteiger partial charge in [0.1, 0.15) is 11.9 Å². The minimum absolute atomic E-state index is 0.0234. The van der Waals surface area contributed by atoms with Gasteiger partial charge in [0.25, 0.3) is 0 Å². The lowest BCUT2D eigenvalue weighted by molar-refractivity contribution is -0.155. The maximum absolute atomic E-state index is 6.08. The molecule has 0 bridgehead atoms. The Hall–Kier alpha value is -0.650. The fourth-order valence-corrected chi connectivity index (χ4v) is 3.26. The van der Waals surface area contributed by atoms with E-state index in [4.69, 9.17) is 14.2 Å². The minimum Gasteiger partial charge on any atom is -0.489 e. The normalized spacial score (nSPS) is 25.6. The first kappa shape index (κ1) is 14.3. The number of aromatic nitrogens is 1. The van der Waals surface area contributed by atoms with Gasteiger partial charge in [0.15, 0.2) is 0 Å². The smallest absolute Gasteiger partial charge is 0.138 e. The van der Waals surface area contributed by atoms with Crippen LogP contribution in [0.25, 0.3) is 0 Å². The molecule has 0 aliphatic carbocycles. The summed E-state index contributed by atoms with van der Waals surface area (Å²) >= 11 is 3.40. The average Bonchev–Trinajstić information content (AvgIpc) is 2.49. The predicted molar refractivity (Wildman–Crippen MR) is 79.3 cm³/mol. The Balaban J connectivity index is 1.61. The monoisotopic (exact) mass is 341 g/mol. The van der Waals surface area contributed by atoms with Gasteiger partial charge in [-0.2, -0.15) is 0 Å². The van der Waals surface area contributed by atoms with E-state index in [1.807, 2.05) is 18.3 Å². The van der Waals surface area contributed by atoms with Crippen LogP contribution in [0.5, 0.6) is 5.75 Å². The summed E-state index contributed by atoms with van der Waals surface area (Å²) in [6.07, 6.45) is 5.89. The van der Waals surface area contributed by atoms with Crippen LogP contribution in [-0.2, 0) is 14.8 Å². The summed E-state index contributed by atoms with van der Waals surface area (Å²) in [5, 5.41) is 0.771. The van der Waals surface area contributed by atoms with Crippen LogP contribution < -0.4 is 4.74 Å². The van der Waals surface area contributed by atoms with Gasteiger partial charge < -0.3 is 14.2 Å². The Bertz CT molecular complexity index is 426. The van der Waals surface area contributed by atoms with Gasteiger partial charge in [-0.15, -0.1) is 0 Å². The lowest BCUT2D eigenvalue weighted by Crippen LogP contribution is -2.47. The highest BCUT2D eigenvalue weighted by Crippen LogP contribution is 2.35. The second-order valence-corrected chi connectivity index (χ2v) is 6.06. The first-order valence-corrected chi connectivity index (χ1v) is 8.31. The van der Waals surface area contributed by atoms with Crippen molar-refractivity contribution in [1.29, 1.82) is 0 Å². The maximum atomic E-state index is 6.08. The molecule has 1 atom stereocenters. The van der Waals surface area contributed by atoms with Crippen LogP contribution in [0.4, 0.5) is 0 Å². The average molecular weight is 342 g/mol. The number of rotatable bonds is 3. The van der Waals surface area contributed by atoms with E-state index in [-0.39, 0.29) is 11.7 Å². The predicted octanol–water partition coefficient (Wildman–Crippen LogP) is 3.08. The van der Waals surface area contributed by atoms with Gasteiger partial charge >= 0.3 is 0 Å². The Labute approximate surface area is 127 Å². The number of hydrogen-bond donors (Lipinski definition) is 0. The molecule has 2 fully saturated rings. The highest BCUT2D eigenvalue weighted by molar-refractivity contribution is 9.08. The van der Waals surface area contributed by atoms with Crippen LogP contribution in [0.15, 0.2) is 18.3 Å². The van der Waals surface area contributed by atoms with Gasteiger partial charge in [0.2, 0.25) is 0 Å². The highest BCUT2D eigenvalue weighted by atomic mass is 79.9. The molecule has 1 unspecified atom stereocenters. The second-order valence-electron chi connectivity index (χ2n) is 5.50. The molecule has 0 N–H and O–H groups in total. The van der Waals surface area contributed by atoms with Crippen molar-refractivity contribution >= 4 is 15.9 Å². The summed E-state index contributed by atoms with van der Waals surface area (Å²) in [4.78, 5) is 4.34. The minimum atomic E-state index is -0.0234. The van der Waals surface area contributed by atoms with Gasteiger partial charge in [0, 0.05) is 31.4 Å². The standard InChI is InChI=1S/C15H20BrNO3/c16-10-12-1-2-14(11-17-12)20-13-3-6-19-15(9-13)4-7-18-8-5-15/h1-2,11,13H,3-10H2. The van der Waals surface area contributed by atoms with E-state index in [9.17, 15) is 0 Å². The third kappa shape index (κ3) is 3.32. The molecule has 1 aromatic heterocycles. The zero-order chi connectivity index (χ0) is 13.8. The van der Waals surface area contributed by atoms with E-state index in [0.717, 1.165) is 62.3 Å². The molecular formula is C15H20BrNO3. The Morgan fingerprint density at radius 1 is 1.30 bits per heavy atom. The second kappa shape index (κ2) is 6.41. The van der Waals surface area contributed by atoms with Crippen molar-refractivity contribution in [2.24, 2.45) is 0 Å². The van der Waals surface area contributed by atoms with Gasteiger partial charge in [-0.1, -0.05) is 15.9 Å². The van der Waals surface area contributed by atoms with Gasteiger partial charge in [-0.3, -0.25) is 4.98 Å². The molecule has 0 aromatic carbocycles. The van der Waals surface area contributed by atoms with E-state index < -0.39 is 0 Å². The van der Waals surface area contributed by atoms with Crippen molar-refractivity contribution in [2.45, 2.75) is 42.7 Å². The van der Waals surface area contributed by atoms with E-state index in [0.29, 0.717) is 0 Å². The summed E-state index contributed by atoms with van der Waals surface area (Å²) in [6, 6.07) is 3.99. The molecule has 3 heterocycles. The summed E-state index contributed by atoms with van der Waals surface area (Å²) in [5.41, 5.74) is 0.995. The molecule has 0 amide bonds. The van der Waals surface area contributed by atoms with Crippen molar-refractivity contribution < 1.29 is 14.2 Å². The van der Waals surface area contributed by atoms with Crippen LogP contribution in [-0.4, -0.2) is 36.5 Å². The number of pyridine rings is 1. The van der Waals surface area contributed by atoms with Crippen LogP contribution in [0, 0.1) is 0 Å². The van der Waals surface area contributed by atoms with Crippen molar-refractivity contribution in [2.75, 3.05) is 19.8 Å². The van der Waals surface area contributed by atoms with Crippen LogP contribution >= 0.6 is 15.9 Å². The molecule has 1 spiro atoms. The molecule has 0 radical (unpaired) electrons. The Morgan fingerprint density at radius 2 is 2.15 bits per heavy atom. The van der Waals surface area contributed by atoms with Crippen LogP contribution in [0.3, 0.4) is 0 Å². The number of hydrogen-bond acceptors (Lipinski definition) is 4. The van der Waals surface area contributed by atoms with Gasteiger partial charge in [-0.25, -0.2) is 0 Å². The zero-order valence-electron chi connectivity index (χ0n) is 11.5. The van der Waals surface area contributed by atoms with Crippen molar-refractivity contribution in [1.82, 2.24) is 4.98 Å². The quantitative estimate of drug-likeness (QED) is 0.792. The van der Waals surface area contributed by atoms with Crippen molar-refractivity contribution in [3.8, 4) is 5.75 Å². The number of alkyl halides is 1. The molecule has 2 aliphatic rings.